The Labute approximate surface area is 117 Å². The normalized spacial score (nSPS) is 20.5. The minimum Gasteiger partial charge on any atom is -0.342 e. The smallest absolute Gasteiger partial charge is 0.252 e. The summed E-state index contributed by atoms with van der Waals surface area (Å²) < 4.78 is 0. The summed E-state index contributed by atoms with van der Waals surface area (Å²) in [5.41, 5.74) is -0.474. The van der Waals surface area contributed by atoms with Gasteiger partial charge < -0.3 is 5.32 Å². The van der Waals surface area contributed by atoms with Crippen LogP contribution in [0.1, 0.15) is 54.4 Å². The van der Waals surface area contributed by atoms with E-state index in [1.165, 1.54) is 0 Å². The van der Waals surface area contributed by atoms with Gasteiger partial charge in [0.15, 0.2) is 5.96 Å². The number of rotatable bonds is 6. The second-order valence-electron chi connectivity index (χ2n) is 6.94. The number of hydrogen-bond donors (Lipinski definition) is 2. The number of aliphatic imine (C=N–C) groups is 1. The molecule has 4 heteroatoms. The number of hydrogen-bond acceptors (Lipinski definition) is 2. The van der Waals surface area contributed by atoms with E-state index in [1.807, 2.05) is 0 Å². The molecule has 0 spiro atoms. The molecule has 110 valence electrons. The zero-order valence-corrected chi connectivity index (χ0v) is 13.2. The molecule has 0 atom stereocenters. The number of nitrogens with one attached hydrogen (secondary N) is 2. The van der Waals surface area contributed by atoms with Crippen LogP contribution in [0, 0.1) is 17.8 Å². The fourth-order valence-corrected chi connectivity index (χ4v) is 2.66. The van der Waals surface area contributed by atoms with Gasteiger partial charge in [0, 0.05) is 6.54 Å². The molecule has 2 N–H and O–H groups in total. The van der Waals surface area contributed by atoms with E-state index in [2.05, 4.69) is 57.2 Å². The van der Waals surface area contributed by atoms with E-state index in [1.54, 1.807) is 0 Å². The first kappa shape index (κ1) is 16.0. The number of nitrogens with zero attached hydrogens (tertiary/aromatic N) is 1. The lowest BCUT2D eigenvalue weighted by molar-refractivity contribution is -0.125. The highest BCUT2D eigenvalue weighted by Gasteiger charge is 2.45. The average molecular weight is 267 g/mol. The van der Waals surface area contributed by atoms with E-state index in [-0.39, 0.29) is 5.91 Å². The van der Waals surface area contributed by atoms with Gasteiger partial charge in [-0.1, -0.05) is 41.5 Å². The fraction of sp³-hybridized carbons (Fsp3) is 0.867. The molecule has 0 aromatic heterocycles. The molecule has 1 aliphatic rings. The Balaban J connectivity index is 2.86. The summed E-state index contributed by atoms with van der Waals surface area (Å²) in [6.07, 6.45) is 1.69. The van der Waals surface area contributed by atoms with Gasteiger partial charge in [-0.05, 0) is 30.6 Å². The van der Waals surface area contributed by atoms with Gasteiger partial charge in [0.1, 0.15) is 5.54 Å². The van der Waals surface area contributed by atoms with Gasteiger partial charge in [0.25, 0.3) is 5.91 Å². The summed E-state index contributed by atoms with van der Waals surface area (Å²) >= 11 is 0. The molecule has 1 aliphatic heterocycles. The molecular formula is C15H29N3O. The molecule has 1 fully saturated rings. The third kappa shape index (κ3) is 4.51. The van der Waals surface area contributed by atoms with Crippen LogP contribution in [0.4, 0.5) is 0 Å². The van der Waals surface area contributed by atoms with Crippen LogP contribution in [-0.2, 0) is 4.79 Å². The minimum atomic E-state index is -0.474. The summed E-state index contributed by atoms with van der Waals surface area (Å²) in [6, 6.07) is 0. The maximum absolute atomic E-state index is 12.4. The van der Waals surface area contributed by atoms with Gasteiger partial charge in [0.2, 0.25) is 0 Å². The van der Waals surface area contributed by atoms with E-state index in [0.717, 1.165) is 19.4 Å². The monoisotopic (exact) mass is 267 g/mol. The predicted molar refractivity (Wildman–Crippen MR) is 80.1 cm³/mol. The van der Waals surface area contributed by atoms with Gasteiger partial charge in [0.05, 0.1) is 0 Å². The molecule has 0 aromatic rings. The van der Waals surface area contributed by atoms with Crippen LogP contribution in [-0.4, -0.2) is 24.0 Å². The average Bonchev–Trinajstić information content (AvgIpc) is 2.50. The van der Waals surface area contributed by atoms with E-state index >= 15 is 0 Å². The second-order valence-corrected chi connectivity index (χ2v) is 6.94. The number of guanidine groups is 1. The molecule has 1 heterocycles. The van der Waals surface area contributed by atoms with Crippen LogP contribution < -0.4 is 10.6 Å². The number of carbonyl (C=O) groups excluding carboxylic acids is 1. The fourth-order valence-electron chi connectivity index (χ4n) is 2.66. The van der Waals surface area contributed by atoms with Crippen molar-refractivity contribution in [2.24, 2.45) is 22.7 Å². The van der Waals surface area contributed by atoms with Crippen LogP contribution in [0.15, 0.2) is 4.99 Å². The van der Waals surface area contributed by atoms with Crippen LogP contribution in [0.25, 0.3) is 0 Å². The Morgan fingerprint density at radius 3 is 1.95 bits per heavy atom. The van der Waals surface area contributed by atoms with Gasteiger partial charge in [-0.3, -0.25) is 15.1 Å². The lowest BCUT2D eigenvalue weighted by Crippen LogP contribution is -2.49. The largest absolute Gasteiger partial charge is 0.342 e. The molecular weight excluding hydrogens is 238 g/mol. The Kier molecular flexibility index (Phi) is 5.39. The van der Waals surface area contributed by atoms with Gasteiger partial charge >= 0.3 is 0 Å². The zero-order valence-electron chi connectivity index (χ0n) is 13.2. The van der Waals surface area contributed by atoms with Crippen LogP contribution in [0.5, 0.6) is 0 Å². The number of amides is 1. The van der Waals surface area contributed by atoms with Crippen molar-refractivity contribution in [3.63, 3.8) is 0 Å². The Morgan fingerprint density at radius 2 is 1.53 bits per heavy atom. The summed E-state index contributed by atoms with van der Waals surface area (Å²) in [6.45, 7) is 13.6. The summed E-state index contributed by atoms with van der Waals surface area (Å²) in [4.78, 5) is 16.8. The second kappa shape index (κ2) is 6.40. The van der Waals surface area contributed by atoms with Crippen LogP contribution in [0.3, 0.4) is 0 Å². The minimum absolute atomic E-state index is 0.0809. The van der Waals surface area contributed by atoms with Crippen molar-refractivity contribution >= 4 is 11.9 Å². The standard InChI is InChI=1S/C15H29N3O/c1-10(2)7-15(8-11(3)4)13(19)17-14(18-15)16-9-12(5)6/h10-12H,7-9H2,1-6H3,(H2,16,17,18,19). The molecule has 0 aromatic carbocycles. The quantitative estimate of drug-likeness (QED) is 0.777. The van der Waals surface area contributed by atoms with E-state index < -0.39 is 5.54 Å². The summed E-state index contributed by atoms with van der Waals surface area (Å²) in [5, 5.41) is 6.27. The van der Waals surface area contributed by atoms with Crippen molar-refractivity contribution in [1.29, 1.82) is 0 Å². The molecule has 1 saturated heterocycles. The third-order valence-electron chi connectivity index (χ3n) is 3.15. The van der Waals surface area contributed by atoms with Crippen molar-refractivity contribution in [3.8, 4) is 0 Å². The van der Waals surface area contributed by atoms with Gasteiger partial charge in [-0.15, -0.1) is 0 Å². The topological polar surface area (TPSA) is 53.5 Å². The highest BCUT2D eigenvalue weighted by atomic mass is 16.2. The van der Waals surface area contributed by atoms with Crippen molar-refractivity contribution in [2.75, 3.05) is 6.54 Å². The van der Waals surface area contributed by atoms with Crippen molar-refractivity contribution < 1.29 is 4.79 Å². The summed E-state index contributed by atoms with van der Waals surface area (Å²) in [5.74, 6) is 2.18. The lowest BCUT2D eigenvalue weighted by atomic mass is 9.82. The highest BCUT2D eigenvalue weighted by molar-refractivity contribution is 6.09. The Morgan fingerprint density at radius 1 is 1.00 bits per heavy atom. The van der Waals surface area contributed by atoms with Gasteiger partial charge in [-0.25, -0.2) is 0 Å². The molecule has 0 radical (unpaired) electrons. The highest BCUT2D eigenvalue weighted by Crippen LogP contribution is 2.28. The maximum Gasteiger partial charge on any atom is 0.252 e. The molecule has 0 aliphatic carbocycles. The zero-order chi connectivity index (χ0) is 14.6. The van der Waals surface area contributed by atoms with E-state index in [4.69, 9.17) is 0 Å². The first-order valence-corrected chi connectivity index (χ1v) is 7.39. The maximum atomic E-state index is 12.4. The lowest BCUT2D eigenvalue weighted by Gasteiger charge is -2.30. The Hall–Kier alpha value is -1.06. The first-order chi connectivity index (χ1) is 8.75. The molecule has 1 amide bonds. The molecule has 0 unspecified atom stereocenters. The first-order valence-electron chi connectivity index (χ1n) is 7.39. The van der Waals surface area contributed by atoms with E-state index in [0.29, 0.717) is 23.7 Å². The molecule has 1 rings (SSSR count). The molecule has 19 heavy (non-hydrogen) atoms. The van der Waals surface area contributed by atoms with Crippen LogP contribution in [0.2, 0.25) is 0 Å². The predicted octanol–water partition coefficient (Wildman–Crippen LogP) is 2.55. The third-order valence-corrected chi connectivity index (χ3v) is 3.15. The molecule has 0 saturated carbocycles. The molecule has 4 nitrogen and oxygen atoms in total. The van der Waals surface area contributed by atoms with Gasteiger partial charge in [-0.2, -0.15) is 0 Å². The van der Waals surface area contributed by atoms with Crippen LogP contribution >= 0.6 is 0 Å². The Bertz CT molecular complexity index is 335. The van der Waals surface area contributed by atoms with E-state index in [9.17, 15) is 4.79 Å². The SMILES string of the molecule is CC(C)CN=C1NC(=O)C(CC(C)C)(CC(C)C)N1. The van der Waals surface area contributed by atoms with Crippen molar-refractivity contribution in [3.05, 3.63) is 0 Å². The van der Waals surface area contributed by atoms with Crippen molar-refractivity contribution in [2.45, 2.75) is 59.9 Å². The molecule has 0 bridgehead atoms. The van der Waals surface area contributed by atoms with Crippen molar-refractivity contribution in [1.82, 2.24) is 10.6 Å². The summed E-state index contributed by atoms with van der Waals surface area (Å²) in [7, 11) is 0. The number of carbonyl (C=O) groups is 1.